The van der Waals surface area contributed by atoms with Gasteiger partial charge in [-0.2, -0.15) is 0 Å². The van der Waals surface area contributed by atoms with Crippen molar-refractivity contribution in [3.8, 4) is 22.6 Å². The number of ether oxygens (including phenoxy) is 2. The van der Waals surface area contributed by atoms with E-state index in [2.05, 4.69) is 5.32 Å². The number of fused-ring (bicyclic) bond motifs is 1. The van der Waals surface area contributed by atoms with Gasteiger partial charge in [-0.1, -0.05) is 12.1 Å². The molecule has 144 valence electrons. The van der Waals surface area contributed by atoms with E-state index >= 15 is 0 Å². The minimum Gasteiger partial charge on any atom is -0.478 e. The lowest BCUT2D eigenvalue weighted by Crippen LogP contribution is -2.18. The summed E-state index contributed by atoms with van der Waals surface area (Å²) in [5.41, 5.74) is 0.0790. The van der Waals surface area contributed by atoms with Crippen LogP contribution >= 0.6 is 0 Å². The number of carboxylic acid groups (broad SMARTS) is 1. The molecule has 2 aromatic rings. The molecule has 0 fully saturated rings. The molecule has 0 aromatic heterocycles. The number of para-hydroxylation sites is 1. The maximum absolute atomic E-state index is 14.6. The third-order valence-corrected chi connectivity index (χ3v) is 4.74. The first-order valence-electron chi connectivity index (χ1n) is 8.60. The summed E-state index contributed by atoms with van der Waals surface area (Å²) >= 11 is 0. The zero-order valence-electron chi connectivity index (χ0n) is 14.6. The minimum atomic E-state index is -1.20. The average Bonchev–Trinajstić information content (AvgIpc) is 3.32. The monoisotopic (exact) mass is 387 g/mol. The normalized spacial score (nSPS) is 15.1. The molecule has 0 atom stereocenters. The molecule has 1 aliphatic carbocycles. The van der Waals surface area contributed by atoms with Crippen molar-refractivity contribution in [1.29, 1.82) is 0 Å². The second kappa shape index (κ2) is 6.95. The Morgan fingerprint density at radius 1 is 1.04 bits per heavy atom. The fourth-order valence-corrected chi connectivity index (χ4v) is 3.42. The van der Waals surface area contributed by atoms with Crippen LogP contribution in [0.25, 0.3) is 11.1 Å². The molecule has 0 unspecified atom stereocenters. The average molecular weight is 387 g/mol. The highest BCUT2D eigenvalue weighted by Crippen LogP contribution is 2.42. The van der Waals surface area contributed by atoms with Crippen LogP contribution in [0.4, 0.5) is 14.5 Å². The molecule has 1 amide bonds. The highest BCUT2D eigenvalue weighted by molar-refractivity contribution is 6.09. The number of carboxylic acids is 1. The number of carbonyl (C=O) groups is 2. The number of aliphatic carboxylic acids is 1. The molecular formula is C20H15F2NO5. The van der Waals surface area contributed by atoms with Gasteiger partial charge in [0.2, 0.25) is 6.79 Å². The molecule has 0 bridgehead atoms. The molecule has 4 rings (SSSR count). The summed E-state index contributed by atoms with van der Waals surface area (Å²) in [6, 6.07) is 7.16. The molecule has 1 heterocycles. The van der Waals surface area contributed by atoms with Crippen molar-refractivity contribution in [2.24, 2.45) is 0 Å². The number of hydrogen-bond acceptors (Lipinski definition) is 4. The van der Waals surface area contributed by atoms with Gasteiger partial charge in [-0.15, -0.1) is 0 Å². The molecule has 2 aromatic carbocycles. The van der Waals surface area contributed by atoms with Crippen LogP contribution in [0.5, 0.6) is 11.5 Å². The van der Waals surface area contributed by atoms with Crippen LogP contribution in [-0.2, 0) is 9.59 Å². The fraction of sp³-hybridized carbons (Fsp3) is 0.200. The van der Waals surface area contributed by atoms with E-state index in [9.17, 15) is 18.4 Å². The van der Waals surface area contributed by atoms with E-state index in [4.69, 9.17) is 14.6 Å². The number of halogens is 2. The van der Waals surface area contributed by atoms with Gasteiger partial charge < -0.3 is 19.9 Å². The molecule has 2 N–H and O–H groups in total. The lowest BCUT2D eigenvalue weighted by atomic mass is 10.0. The Hall–Kier alpha value is -3.42. The van der Waals surface area contributed by atoms with E-state index < -0.39 is 29.2 Å². The Bertz CT molecular complexity index is 1010. The number of benzene rings is 2. The third-order valence-electron chi connectivity index (χ3n) is 4.74. The van der Waals surface area contributed by atoms with E-state index in [0.717, 1.165) is 12.1 Å². The molecule has 6 nitrogen and oxygen atoms in total. The van der Waals surface area contributed by atoms with Crippen molar-refractivity contribution in [2.45, 2.75) is 19.3 Å². The quantitative estimate of drug-likeness (QED) is 0.832. The predicted octanol–water partition coefficient (Wildman–Crippen LogP) is 3.86. The third kappa shape index (κ3) is 3.06. The Labute approximate surface area is 158 Å². The Balaban J connectivity index is 1.66. The molecule has 2 aliphatic rings. The van der Waals surface area contributed by atoms with E-state index in [-0.39, 0.29) is 36.3 Å². The first-order valence-corrected chi connectivity index (χ1v) is 8.60. The molecule has 0 saturated heterocycles. The smallest absolute Gasteiger partial charge is 0.332 e. The van der Waals surface area contributed by atoms with Crippen LogP contribution in [0, 0.1) is 11.6 Å². The molecule has 0 spiro atoms. The number of hydrogen-bond donors (Lipinski definition) is 2. The van der Waals surface area contributed by atoms with Crippen LogP contribution in [0.1, 0.15) is 19.3 Å². The van der Waals surface area contributed by atoms with E-state index in [1.54, 1.807) is 18.2 Å². The summed E-state index contributed by atoms with van der Waals surface area (Å²) in [6.45, 7) is 0.0203. The van der Waals surface area contributed by atoms with Gasteiger partial charge in [-0.05, 0) is 43.0 Å². The Morgan fingerprint density at radius 2 is 1.75 bits per heavy atom. The number of rotatable bonds is 4. The van der Waals surface area contributed by atoms with Crippen molar-refractivity contribution in [3.63, 3.8) is 0 Å². The highest BCUT2D eigenvalue weighted by atomic mass is 19.1. The number of anilines is 1. The topological polar surface area (TPSA) is 84.9 Å². The highest BCUT2D eigenvalue weighted by Gasteiger charge is 2.27. The summed E-state index contributed by atoms with van der Waals surface area (Å²) < 4.78 is 39.8. The lowest BCUT2D eigenvalue weighted by Gasteiger charge is -2.12. The standard InChI is InChI=1S/C20H15F2NO5/c21-14-7-10(11-3-2-6-16-18(11)28-9-27-16)8-15(22)17(14)23-19(24)12-4-1-5-13(12)20(25)26/h2-3,6-8H,1,4-5,9H2,(H,23,24)(H,25,26). The summed E-state index contributed by atoms with van der Waals surface area (Å²) in [5, 5.41) is 11.3. The van der Waals surface area contributed by atoms with Gasteiger partial charge in [-0.3, -0.25) is 4.79 Å². The minimum absolute atomic E-state index is 0.0203. The van der Waals surface area contributed by atoms with Crippen molar-refractivity contribution in [1.82, 2.24) is 0 Å². The van der Waals surface area contributed by atoms with E-state index in [0.29, 0.717) is 23.5 Å². The van der Waals surface area contributed by atoms with Crippen molar-refractivity contribution < 1.29 is 33.0 Å². The van der Waals surface area contributed by atoms with Gasteiger partial charge in [0, 0.05) is 16.7 Å². The van der Waals surface area contributed by atoms with Gasteiger partial charge in [0.25, 0.3) is 5.91 Å². The molecular weight excluding hydrogens is 372 g/mol. The maximum Gasteiger partial charge on any atom is 0.332 e. The molecule has 0 radical (unpaired) electrons. The van der Waals surface area contributed by atoms with E-state index in [1.165, 1.54) is 0 Å². The molecule has 28 heavy (non-hydrogen) atoms. The van der Waals surface area contributed by atoms with Crippen molar-refractivity contribution in [2.75, 3.05) is 12.1 Å². The first kappa shape index (κ1) is 18.0. The maximum atomic E-state index is 14.6. The second-order valence-electron chi connectivity index (χ2n) is 6.42. The van der Waals surface area contributed by atoms with Gasteiger partial charge in [-0.25, -0.2) is 13.6 Å². The van der Waals surface area contributed by atoms with Crippen LogP contribution < -0.4 is 14.8 Å². The van der Waals surface area contributed by atoms with Crippen LogP contribution in [-0.4, -0.2) is 23.8 Å². The summed E-state index contributed by atoms with van der Waals surface area (Å²) in [5.74, 6) is -3.09. The number of carbonyl (C=O) groups excluding carboxylic acids is 1. The van der Waals surface area contributed by atoms with Gasteiger partial charge in [0.1, 0.15) is 17.3 Å². The number of amides is 1. The second-order valence-corrected chi connectivity index (χ2v) is 6.42. The van der Waals surface area contributed by atoms with Gasteiger partial charge in [0.05, 0.1) is 0 Å². The zero-order chi connectivity index (χ0) is 19.8. The molecule has 8 heteroatoms. The summed E-state index contributed by atoms with van der Waals surface area (Å²) in [7, 11) is 0. The lowest BCUT2D eigenvalue weighted by molar-refractivity contribution is -0.133. The van der Waals surface area contributed by atoms with Crippen molar-refractivity contribution >= 4 is 17.6 Å². The zero-order valence-corrected chi connectivity index (χ0v) is 14.6. The molecule has 1 aliphatic heterocycles. The van der Waals surface area contributed by atoms with E-state index in [1.807, 2.05) is 0 Å². The van der Waals surface area contributed by atoms with Crippen LogP contribution in [0.3, 0.4) is 0 Å². The predicted molar refractivity (Wildman–Crippen MR) is 95.1 cm³/mol. The SMILES string of the molecule is O=C(O)C1=C(C(=O)Nc2c(F)cc(-c3cccc4c3OCO4)cc2F)CCC1. The summed E-state index contributed by atoms with van der Waals surface area (Å²) in [4.78, 5) is 23.5. The van der Waals surface area contributed by atoms with Gasteiger partial charge >= 0.3 is 5.97 Å². The van der Waals surface area contributed by atoms with Crippen LogP contribution in [0.15, 0.2) is 41.5 Å². The fourth-order valence-electron chi connectivity index (χ4n) is 3.42. The Kier molecular flexibility index (Phi) is 4.46. The first-order chi connectivity index (χ1) is 13.5. The number of nitrogens with one attached hydrogen (secondary N) is 1. The summed E-state index contributed by atoms with van der Waals surface area (Å²) in [6.07, 6.45) is 1.01. The van der Waals surface area contributed by atoms with Crippen molar-refractivity contribution in [3.05, 3.63) is 53.1 Å². The van der Waals surface area contributed by atoms with Crippen LogP contribution in [0.2, 0.25) is 0 Å². The molecule has 0 saturated carbocycles. The largest absolute Gasteiger partial charge is 0.478 e. The Morgan fingerprint density at radius 3 is 2.46 bits per heavy atom. The van der Waals surface area contributed by atoms with Gasteiger partial charge in [0.15, 0.2) is 11.5 Å².